The molecule has 100 valence electrons. The van der Waals surface area contributed by atoms with Crippen molar-refractivity contribution in [2.45, 2.75) is 0 Å². The number of hydrogen-bond donors (Lipinski definition) is 1. The number of aromatic nitrogens is 3. The molecule has 0 unspecified atom stereocenters. The third-order valence-electron chi connectivity index (χ3n) is 2.90. The molecule has 5 heteroatoms. The molecular weight excluding hydrogens is 252 g/mol. The van der Waals surface area contributed by atoms with E-state index in [-0.39, 0.29) is 0 Å². The summed E-state index contributed by atoms with van der Waals surface area (Å²) in [6, 6.07) is 11.3. The lowest BCUT2D eigenvalue weighted by atomic mass is 10.2. The summed E-state index contributed by atoms with van der Waals surface area (Å²) in [5, 5.41) is 8.42. The van der Waals surface area contributed by atoms with Crippen molar-refractivity contribution in [2.75, 3.05) is 12.3 Å². The van der Waals surface area contributed by atoms with Crippen molar-refractivity contribution in [3.05, 3.63) is 55.3 Å². The molecule has 0 aliphatic rings. The molecule has 2 aromatic heterocycles. The van der Waals surface area contributed by atoms with E-state index in [0.29, 0.717) is 23.7 Å². The van der Waals surface area contributed by atoms with E-state index in [1.54, 1.807) is 6.08 Å². The molecule has 2 heterocycles. The summed E-state index contributed by atoms with van der Waals surface area (Å²) >= 11 is 0. The first kappa shape index (κ1) is 12.2. The summed E-state index contributed by atoms with van der Waals surface area (Å²) in [5.41, 5.74) is 8.09. The maximum absolute atomic E-state index is 5.81. The third-order valence-corrected chi connectivity index (χ3v) is 2.90. The zero-order valence-corrected chi connectivity index (χ0v) is 10.9. The molecule has 3 rings (SSSR count). The summed E-state index contributed by atoms with van der Waals surface area (Å²) in [4.78, 5) is 0. The van der Waals surface area contributed by atoms with Crippen LogP contribution in [0.3, 0.4) is 0 Å². The van der Waals surface area contributed by atoms with Gasteiger partial charge in [0.05, 0.1) is 0 Å². The van der Waals surface area contributed by atoms with Gasteiger partial charge in [0, 0.05) is 17.4 Å². The number of ether oxygens (including phenoxy) is 1. The largest absolute Gasteiger partial charge is 0.486 e. The van der Waals surface area contributed by atoms with Gasteiger partial charge < -0.3 is 10.5 Å². The highest BCUT2D eigenvalue weighted by Gasteiger charge is 2.11. The lowest BCUT2D eigenvalue weighted by Crippen LogP contribution is -1.96. The molecule has 3 aromatic rings. The molecule has 0 fully saturated rings. The maximum Gasteiger partial charge on any atom is 0.203 e. The Balaban J connectivity index is 2.12. The quantitative estimate of drug-likeness (QED) is 0.582. The van der Waals surface area contributed by atoms with Gasteiger partial charge in [0.1, 0.15) is 6.61 Å². The number of hydrogen-bond acceptors (Lipinski definition) is 4. The van der Waals surface area contributed by atoms with Gasteiger partial charge in [-0.2, -0.15) is 0 Å². The maximum atomic E-state index is 5.81. The highest BCUT2D eigenvalue weighted by Crippen LogP contribution is 2.24. The minimum absolute atomic E-state index is 0.431. The van der Waals surface area contributed by atoms with Gasteiger partial charge in [0.25, 0.3) is 0 Å². The topological polar surface area (TPSA) is 65.4 Å². The molecule has 0 saturated heterocycles. The van der Waals surface area contributed by atoms with Crippen molar-refractivity contribution < 1.29 is 4.74 Å². The smallest absolute Gasteiger partial charge is 0.203 e. The Morgan fingerprint density at radius 1 is 1.25 bits per heavy atom. The summed E-state index contributed by atoms with van der Waals surface area (Å²) in [5.74, 6) is 1.41. The number of nitrogens with two attached hydrogens (primary N) is 1. The number of pyridine rings is 1. The van der Waals surface area contributed by atoms with E-state index in [9.17, 15) is 0 Å². The van der Waals surface area contributed by atoms with Crippen LogP contribution in [0.1, 0.15) is 0 Å². The fraction of sp³-hybridized carbons (Fsp3) is 0.0667. The van der Waals surface area contributed by atoms with Crippen LogP contribution in [0.25, 0.3) is 17.0 Å². The van der Waals surface area contributed by atoms with Gasteiger partial charge in [-0.15, -0.1) is 10.2 Å². The van der Waals surface area contributed by atoms with Crippen molar-refractivity contribution in [3.63, 3.8) is 0 Å². The molecular formula is C15H14N4O. The van der Waals surface area contributed by atoms with Gasteiger partial charge in [-0.05, 0) is 24.3 Å². The summed E-state index contributed by atoms with van der Waals surface area (Å²) in [6.07, 6.45) is 3.59. The number of nitrogen functional groups attached to an aromatic ring is 1. The Kier molecular flexibility index (Phi) is 3.09. The number of anilines is 1. The van der Waals surface area contributed by atoms with Crippen molar-refractivity contribution in [2.24, 2.45) is 0 Å². The van der Waals surface area contributed by atoms with E-state index < -0.39 is 0 Å². The Morgan fingerprint density at radius 3 is 2.95 bits per heavy atom. The standard InChI is InChI=1S/C15H14N4O/c1-2-9-20-13-7-4-8-19-14(17-18-15(13)19)11-5-3-6-12(16)10-11/h2-8,10H,1,9,16H2. The first-order valence-electron chi connectivity index (χ1n) is 6.23. The average Bonchev–Trinajstić information content (AvgIpc) is 2.89. The van der Waals surface area contributed by atoms with E-state index in [4.69, 9.17) is 10.5 Å². The lowest BCUT2D eigenvalue weighted by Gasteiger charge is -2.05. The molecule has 0 spiro atoms. The summed E-state index contributed by atoms with van der Waals surface area (Å²) in [6.45, 7) is 4.07. The second-order valence-electron chi connectivity index (χ2n) is 4.31. The van der Waals surface area contributed by atoms with E-state index in [2.05, 4.69) is 16.8 Å². The molecule has 20 heavy (non-hydrogen) atoms. The molecule has 0 amide bonds. The first-order chi connectivity index (χ1) is 9.79. The Bertz CT molecular complexity index is 763. The monoisotopic (exact) mass is 266 g/mol. The van der Waals surface area contributed by atoms with Crippen LogP contribution >= 0.6 is 0 Å². The fourth-order valence-corrected chi connectivity index (χ4v) is 2.03. The van der Waals surface area contributed by atoms with Crippen LogP contribution < -0.4 is 10.5 Å². The molecule has 0 bridgehead atoms. The Hall–Kier alpha value is -2.82. The Labute approximate surface area is 116 Å². The predicted molar refractivity (Wildman–Crippen MR) is 78.5 cm³/mol. The van der Waals surface area contributed by atoms with Gasteiger partial charge >= 0.3 is 0 Å². The van der Waals surface area contributed by atoms with Crippen LogP contribution in [0, 0.1) is 0 Å². The second kappa shape index (κ2) is 5.05. The molecule has 0 saturated carbocycles. The van der Waals surface area contributed by atoms with Gasteiger partial charge in [0.2, 0.25) is 5.65 Å². The van der Waals surface area contributed by atoms with Crippen LogP contribution in [0.2, 0.25) is 0 Å². The molecule has 0 atom stereocenters. The fourth-order valence-electron chi connectivity index (χ4n) is 2.03. The number of rotatable bonds is 4. The minimum Gasteiger partial charge on any atom is -0.486 e. The zero-order chi connectivity index (χ0) is 13.9. The van der Waals surface area contributed by atoms with Crippen molar-refractivity contribution >= 4 is 11.3 Å². The van der Waals surface area contributed by atoms with E-state index in [1.165, 1.54) is 0 Å². The molecule has 5 nitrogen and oxygen atoms in total. The molecule has 0 aliphatic carbocycles. The van der Waals surface area contributed by atoms with Crippen molar-refractivity contribution in [3.8, 4) is 17.1 Å². The number of benzene rings is 1. The SMILES string of the molecule is C=CCOc1cccn2c(-c3cccc(N)c3)nnc12. The van der Waals surface area contributed by atoms with Crippen LogP contribution in [0.4, 0.5) is 5.69 Å². The Morgan fingerprint density at radius 2 is 2.15 bits per heavy atom. The third kappa shape index (κ3) is 2.09. The number of nitrogens with zero attached hydrogens (tertiary/aromatic N) is 3. The molecule has 2 N–H and O–H groups in total. The van der Waals surface area contributed by atoms with Crippen molar-refractivity contribution in [1.29, 1.82) is 0 Å². The van der Waals surface area contributed by atoms with Gasteiger partial charge in [-0.1, -0.05) is 24.8 Å². The van der Waals surface area contributed by atoms with E-state index >= 15 is 0 Å². The zero-order valence-electron chi connectivity index (χ0n) is 10.9. The van der Waals surface area contributed by atoms with Crippen LogP contribution in [-0.4, -0.2) is 21.2 Å². The van der Waals surface area contributed by atoms with E-state index in [0.717, 1.165) is 11.4 Å². The van der Waals surface area contributed by atoms with Crippen LogP contribution in [-0.2, 0) is 0 Å². The number of fused-ring (bicyclic) bond motifs is 1. The summed E-state index contributed by atoms with van der Waals surface area (Å²) in [7, 11) is 0. The molecule has 0 radical (unpaired) electrons. The van der Waals surface area contributed by atoms with Crippen molar-refractivity contribution in [1.82, 2.24) is 14.6 Å². The lowest BCUT2D eigenvalue weighted by molar-refractivity contribution is 0.365. The van der Waals surface area contributed by atoms with Gasteiger partial charge in [-0.3, -0.25) is 4.40 Å². The minimum atomic E-state index is 0.431. The van der Waals surface area contributed by atoms with Crippen LogP contribution in [0.5, 0.6) is 5.75 Å². The highest BCUT2D eigenvalue weighted by molar-refractivity contribution is 5.66. The predicted octanol–water partition coefficient (Wildman–Crippen LogP) is 2.54. The normalized spacial score (nSPS) is 10.6. The van der Waals surface area contributed by atoms with Crippen LogP contribution in [0.15, 0.2) is 55.3 Å². The molecule has 0 aliphatic heterocycles. The first-order valence-corrected chi connectivity index (χ1v) is 6.23. The molecule has 1 aromatic carbocycles. The highest BCUT2D eigenvalue weighted by atomic mass is 16.5. The average molecular weight is 266 g/mol. The second-order valence-corrected chi connectivity index (χ2v) is 4.31. The summed E-state index contributed by atoms with van der Waals surface area (Å²) < 4.78 is 7.46. The van der Waals surface area contributed by atoms with Gasteiger partial charge in [-0.25, -0.2) is 0 Å². The van der Waals surface area contributed by atoms with Gasteiger partial charge in [0.15, 0.2) is 11.6 Å². The van der Waals surface area contributed by atoms with E-state index in [1.807, 2.05) is 47.0 Å².